The van der Waals surface area contributed by atoms with Crippen LogP contribution in [0.15, 0.2) is 28.9 Å². The molecule has 21 heavy (non-hydrogen) atoms. The Morgan fingerprint density at radius 2 is 2.10 bits per heavy atom. The van der Waals surface area contributed by atoms with Crippen molar-refractivity contribution in [2.75, 3.05) is 26.3 Å². The summed E-state index contributed by atoms with van der Waals surface area (Å²) in [7, 11) is 0. The van der Waals surface area contributed by atoms with E-state index in [1.165, 1.54) is 24.5 Å². The zero-order valence-corrected chi connectivity index (χ0v) is 11.1. The molecule has 0 radical (unpaired) electrons. The van der Waals surface area contributed by atoms with Gasteiger partial charge < -0.3 is 19.6 Å². The van der Waals surface area contributed by atoms with Crippen LogP contribution in [-0.2, 0) is 0 Å². The molecule has 0 spiro atoms. The third-order valence-corrected chi connectivity index (χ3v) is 2.46. The van der Waals surface area contributed by atoms with Crippen LogP contribution in [0, 0.1) is 10.1 Å². The van der Waals surface area contributed by atoms with E-state index in [-0.39, 0.29) is 24.1 Å². The molecular formula is C12H14N4O5. The second-order valence-electron chi connectivity index (χ2n) is 3.96. The Balaban J connectivity index is 1.90. The smallest absolute Gasteiger partial charge is 0.433 e. The molecule has 0 aliphatic carbocycles. The summed E-state index contributed by atoms with van der Waals surface area (Å²) in [5.74, 6) is 0.584. The average Bonchev–Trinajstić information content (AvgIpc) is 2.98. The second kappa shape index (κ2) is 7.31. The van der Waals surface area contributed by atoms with E-state index >= 15 is 0 Å². The van der Waals surface area contributed by atoms with E-state index in [2.05, 4.69) is 15.3 Å². The lowest BCUT2D eigenvalue weighted by Crippen LogP contribution is -2.24. The Bertz CT molecular complexity index is 584. The van der Waals surface area contributed by atoms with E-state index < -0.39 is 4.92 Å². The predicted molar refractivity (Wildman–Crippen MR) is 71.8 cm³/mol. The first-order chi connectivity index (χ1) is 10.2. The number of hydrogen-bond donors (Lipinski definition) is 2. The Hall–Kier alpha value is -2.52. The molecule has 2 rings (SSSR count). The molecule has 2 heterocycles. The Labute approximate surface area is 119 Å². The molecule has 9 nitrogen and oxygen atoms in total. The van der Waals surface area contributed by atoms with E-state index in [1.807, 2.05) is 0 Å². The molecule has 0 saturated heterocycles. The lowest BCUT2D eigenvalue weighted by atomic mass is 10.4. The largest absolute Gasteiger partial charge is 0.489 e. The van der Waals surface area contributed by atoms with Gasteiger partial charge in [-0.2, -0.15) is 0 Å². The average molecular weight is 294 g/mol. The fourth-order valence-electron chi connectivity index (χ4n) is 1.51. The quantitative estimate of drug-likeness (QED) is 0.412. The normalized spacial score (nSPS) is 10.5. The molecule has 0 unspecified atom stereocenters. The van der Waals surface area contributed by atoms with Crippen molar-refractivity contribution in [3.05, 3.63) is 34.6 Å². The van der Waals surface area contributed by atoms with Crippen molar-refractivity contribution < 1.29 is 19.2 Å². The van der Waals surface area contributed by atoms with Gasteiger partial charge in [0.05, 0.1) is 25.1 Å². The number of furan rings is 1. The van der Waals surface area contributed by atoms with Crippen LogP contribution in [0.3, 0.4) is 0 Å². The van der Waals surface area contributed by atoms with E-state index in [0.29, 0.717) is 25.4 Å². The highest BCUT2D eigenvalue weighted by Gasteiger charge is 2.14. The summed E-state index contributed by atoms with van der Waals surface area (Å²) in [6, 6.07) is 2.68. The maximum Gasteiger partial charge on any atom is 0.433 e. The molecule has 0 aromatic carbocycles. The maximum absolute atomic E-state index is 10.5. The van der Waals surface area contributed by atoms with Crippen molar-refractivity contribution in [3.8, 4) is 17.3 Å². The summed E-state index contributed by atoms with van der Waals surface area (Å²) in [5.41, 5.74) is 0. The molecule has 0 fully saturated rings. The second-order valence-corrected chi connectivity index (χ2v) is 3.96. The lowest BCUT2D eigenvalue weighted by Gasteiger charge is -2.06. The summed E-state index contributed by atoms with van der Waals surface area (Å²) < 4.78 is 10.4. The van der Waals surface area contributed by atoms with Crippen molar-refractivity contribution in [3.63, 3.8) is 0 Å². The molecule has 0 bridgehead atoms. The number of aliphatic hydroxyl groups is 1. The molecule has 0 atom stereocenters. The molecular weight excluding hydrogens is 280 g/mol. The monoisotopic (exact) mass is 294 g/mol. The summed E-state index contributed by atoms with van der Waals surface area (Å²) in [4.78, 5) is 17.9. The first-order valence-electron chi connectivity index (χ1n) is 6.21. The van der Waals surface area contributed by atoms with Gasteiger partial charge in [0.2, 0.25) is 0 Å². The van der Waals surface area contributed by atoms with Gasteiger partial charge in [0.15, 0.2) is 17.3 Å². The SMILES string of the molecule is O=[N+]([O-])c1ccc(-c2ncc(OCCNCCO)cn2)o1. The van der Waals surface area contributed by atoms with Gasteiger partial charge in [-0.3, -0.25) is 10.1 Å². The van der Waals surface area contributed by atoms with Crippen molar-refractivity contribution in [2.45, 2.75) is 0 Å². The fourth-order valence-corrected chi connectivity index (χ4v) is 1.51. The van der Waals surface area contributed by atoms with Gasteiger partial charge in [-0.25, -0.2) is 9.97 Å². The third-order valence-electron chi connectivity index (χ3n) is 2.46. The number of aliphatic hydroxyl groups excluding tert-OH is 1. The van der Waals surface area contributed by atoms with Gasteiger partial charge in [-0.05, 0) is 6.07 Å². The third kappa shape index (κ3) is 4.23. The van der Waals surface area contributed by atoms with Crippen LogP contribution in [0.5, 0.6) is 5.75 Å². The number of hydrogen-bond acceptors (Lipinski definition) is 8. The van der Waals surface area contributed by atoms with Gasteiger partial charge in [0, 0.05) is 13.1 Å². The minimum absolute atomic E-state index is 0.0765. The van der Waals surface area contributed by atoms with E-state index in [9.17, 15) is 10.1 Å². The summed E-state index contributed by atoms with van der Waals surface area (Å²) in [5, 5.41) is 22.1. The number of nitrogens with one attached hydrogen (secondary N) is 1. The van der Waals surface area contributed by atoms with Crippen LogP contribution in [0.25, 0.3) is 11.6 Å². The Morgan fingerprint density at radius 3 is 2.71 bits per heavy atom. The van der Waals surface area contributed by atoms with E-state index in [0.717, 1.165) is 0 Å². The van der Waals surface area contributed by atoms with E-state index in [4.69, 9.17) is 14.3 Å². The zero-order chi connectivity index (χ0) is 15.1. The zero-order valence-electron chi connectivity index (χ0n) is 11.1. The molecule has 2 aromatic rings. The van der Waals surface area contributed by atoms with Crippen LogP contribution >= 0.6 is 0 Å². The maximum atomic E-state index is 10.5. The topological polar surface area (TPSA) is 124 Å². The molecule has 112 valence electrons. The minimum atomic E-state index is -0.625. The first-order valence-corrected chi connectivity index (χ1v) is 6.21. The molecule has 2 N–H and O–H groups in total. The van der Waals surface area contributed by atoms with Crippen molar-refractivity contribution in [1.29, 1.82) is 0 Å². The molecule has 0 amide bonds. The Morgan fingerprint density at radius 1 is 1.33 bits per heavy atom. The number of nitrogens with zero attached hydrogens (tertiary/aromatic N) is 3. The molecule has 0 aliphatic rings. The molecule has 9 heteroatoms. The summed E-state index contributed by atoms with van der Waals surface area (Å²) in [6.45, 7) is 1.59. The highest BCUT2D eigenvalue weighted by Crippen LogP contribution is 2.23. The van der Waals surface area contributed by atoms with Crippen molar-refractivity contribution in [2.24, 2.45) is 0 Å². The number of nitro groups is 1. The number of rotatable bonds is 8. The van der Waals surface area contributed by atoms with Crippen molar-refractivity contribution in [1.82, 2.24) is 15.3 Å². The number of aromatic nitrogens is 2. The van der Waals surface area contributed by atoms with Crippen LogP contribution in [-0.4, -0.2) is 46.3 Å². The van der Waals surface area contributed by atoms with Crippen LogP contribution in [0.2, 0.25) is 0 Å². The highest BCUT2D eigenvalue weighted by molar-refractivity contribution is 5.48. The van der Waals surface area contributed by atoms with Gasteiger partial charge >= 0.3 is 5.88 Å². The molecule has 0 saturated carbocycles. The molecule has 2 aromatic heterocycles. The number of ether oxygens (including phenoxy) is 1. The lowest BCUT2D eigenvalue weighted by molar-refractivity contribution is -0.401. The summed E-state index contributed by atoms with van der Waals surface area (Å²) in [6.07, 6.45) is 2.92. The van der Waals surface area contributed by atoms with Crippen LogP contribution in [0.4, 0.5) is 5.88 Å². The molecule has 0 aliphatic heterocycles. The fraction of sp³-hybridized carbons (Fsp3) is 0.333. The van der Waals surface area contributed by atoms with Crippen LogP contribution in [0.1, 0.15) is 0 Å². The van der Waals surface area contributed by atoms with Gasteiger partial charge in [0.1, 0.15) is 11.5 Å². The summed E-state index contributed by atoms with van der Waals surface area (Å²) >= 11 is 0. The Kier molecular flexibility index (Phi) is 5.18. The first kappa shape index (κ1) is 14.9. The standard InChI is InChI=1S/C12H14N4O5/c17-5-3-13-4-6-20-9-7-14-12(15-8-9)10-1-2-11(21-10)16(18)19/h1-2,7-8,13,17H,3-6H2. The highest BCUT2D eigenvalue weighted by atomic mass is 16.6. The minimum Gasteiger partial charge on any atom is -0.489 e. The van der Waals surface area contributed by atoms with Gasteiger partial charge in [-0.15, -0.1) is 0 Å². The van der Waals surface area contributed by atoms with Gasteiger partial charge in [-0.1, -0.05) is 0 Å². The predicted octanol–water partition coefficient (Wildman–Crippen LogP) is 0.605. The van der Waals surface area contributed by atoms with Gasteiger partial charge in [0.25, 0.3) is 0 Å². The van der Waals surface area contributed by atoms with E-state index in [1.54, 1.807) is 0 Å². The van der Waals surface area contributed by atoms with Crippen LogP contribution < -0.4 is 10.1 Å². The van der Waals surface area contributed by atoms with Crippen molar-refractivity contribution >= 4 is 5.88 Å².